The van der Waals surface area contributed by atoms with E-state index < -0.39 is 0 Å². The predicted octanol–water partition coefficient (Wildman–Crippen LogP) is 2.29. The first kappa shape index (κ1) is 13.2. The van der Waals surface area contributed by atoms with Gasteiger partial charge in [0.25, 0.3) is 0 Å². The number of nitrogen functional groups attached to an aromatic ring is 1. The number of aromatic nitrogens is 3. The zero-order valence-electron chi connectivity index (χ0n) is 11.7. The number of hydrogen-bond donors (Lipinski definition) is 1. The standard InChI is InChI=1S/C15H16N4O2/c1-2-20-12-4-6-13(7-5-12)21-10-15-18-17-14-8-3-11(16)9-19(14)15/h3-9H,2,10,16H2,1H3. The summed E-state index contributed by atoms with van der Waals surface area (Å²) < 4.78 is 12.9. The van der Waals surface area contributed by atoms with Gasteiger partial charge in [-0.1, -0.05) is 0 Å². The van der Waals surface area contributed by atoms with Crippen molar-refractivity contribution in [2.24, 2.45) is 0 Å². The summed E-state index contributed by atoms with van der Waals surface area (Å²) in [4.78, 5) is 0. The quantitative estimate of drug-likeness (QED) is 0.778. The second-order valence-corrected chi connectivity index (χ2v) is 4.50. The smallest absolute Gasteiger partial charge is 0.175 e. The van der Waals surface area contributed by atoms with Gasteiger partial charge in [-0.3, -0.25) is 4.40 Å². The van der Waals surface area contributed by atoms with E-state index in [9.17, 15) is 0 Å². The number of ether oxygens (including phenoxy) is 2. The molecule has 0 fully saturated rings. The molecule has 0 aliphatic rings. The normalized spacial score (nSPS) is 10.7. The van der Waals surface area contributed by atoms with Gasteiger partial charge in [-0.2, -0.15) is 0 Å². The molecular formula is C15H16N4O2. The van der Waals surface area contributed by atoms with Crippen molar-refractivity contribution in [3.05, 3.63) is 48.4 Å². The van der Waals surface area contributed by atoms with Crippen LogP contribution in [0, 0.1) is 0 Å². The van der Waals surface area contributed by atoms with Crippen LogP contribution in [0.1, 0.15) is 12.7 Å². The summed E-state index contributed by atoms with van der Waals surface area (Å²) >= 11 is 0. The Bertz CT molecular complexity index is 737. The summed E-state index contributed by atoms with van der Waals surface area (Å²) in [5.74, 6) is 2.27. The fourth-order valence-electron chi connectivity index (χ4n) is 2.00. The van der Waals surface area contributed by atoms with Crippen molar-refractivity contribution in [3.8, 4) is 11.5 Å². The Hall–Kier alpha value is -2.76. The molecule has 3 aromatic rings. The van der Waals surface area contributed by atoms with E-state index >= 15 is 0 Å². The van der Waals surface area contributed by atoms with E-state index in [1.165, 1.54) is 0 Å². The molecule has 2 aromatic heterocycles. The zero-order valence-corrected chi connectivity index (χ0v) is 11.7. The molecular weight excluding hydrogens is 268 g/mol. The predicted molar refractivity (Wildman–Crippen MR) is 79.3 cm³/mol. The first-order valence-corrected chi connectivity index (χ1v) is 6.71. The number of pyridine rings is 1. The Labute approximate surface area is 122 Å². The maximum absolute atomic E-state index is 5.77. The van der Waals surface area contributed by atoms with Crippen LogP contribution in [0.4, 0.5) is 5.69 Å². The molecule has 6 nitrogen and oxygen atoms in total. The van der Waals surface area contributed by atoms with E-state index in [-0.39, 0.29) is 0 Å². The van der Waals surface area contributed by atoms with Crippen LogP contribution in [0.25, 0.3) is 5.65 Å². The average molecular weight is 284 g/mol. The molecule has 0 bridgehead atoms. The minimum absolute atomic E-state index is 0.318. The van der Waals surface area contributed by atoms with Crippen LogP contribution in [-0.2, 0) is 6.61 Å². The van der Waals surface area contributed by atoms with Crippen LogP contribution in [0.5, 0.6) is 11.5 Å². The fraction of sp³-hybridized carbons (Fsp3) is 0.200. The summed E-state index contributed by atoms with van der Waals surface area (Å²) in [6.45, 7) is 2.92. The lowest BCUT2D eigenvalue weighted by Crippen LogP contribution is -2.02. The van der Waals surface area contributed by atoms with Gasteiger partial charge >= 0.3 is 0 Å². The van der Waals surface area contributed by atoms with Crippen molar-refractivity contribution in [2.75, 3.05) is 12.3 Å². The Morgan fingerprint density at radius 1 is 1.00 bits per heavy atom. The molecule has 0 unspecified atom stereocenters. The van der Waals surface area contributed by atoms with E-state index in [2.05, 4.69) is 10.2 Å². The number of nitrogens with two attached hydrogens (primary N) is 1. The van der Waals surface area contributed by atoms with Gasteiger partial charge in [0.15, 0.2) is 11.5 Å². The van der Waals surface area contributed by atoms with Gasteiger partial charge in [-0.15, -0.1) is 10.2 Å². The largest absolute Gasteiger partial charge is 0.494 e. The highest BCUT2D eigenvalue weighted by atomic mass is 16.5. The molecule has 108 valence electrons. The van der Waals surface area contributed by atoms with E-state index in [4.69, 9.17) is 15.2 Å². The SMILES string of the molecule is CCOc1ccc(OCc2nnc3ccc(N)cn23)cc1. The van der Waals surface area contributed by atoms with Crippen LogP contribution in [0.2, 0.25) is 0 Å². The highest BCUT2D eigenvalue weighted by molar-refractivity contribution is 5.47. The summed E-state index contributed by atoms with van der Waals surface area (Å²) in [6, 6.07) is 11.1. The van der Waals surface area contributed by atoms with Crippen LogP contribution in [0.3, 0.4) is 0 Å². The molecule has 6 heteroatoms. The topological polar surface area (TPSA) is 74.7 Å². The number of anilines is 1. The molecule has 0 aliphatic carbocycles. The molecule has 0 amide bonds. The molecule has 2 heterocycles. The van der Waals surface area contributed by atoms with Gasteiger partial charge in [0.05, 0.1) is 6.61 Å². The first-order chi connectivity index (χ1) is 10.3. The summed E-state index contributed by atoms with van der Waals surface area (Å²) in [6.07, 6.45) is 1.78. The van der Waals surface area contributed by atoms with Gasteiger partial charge in [0, 0.05) is 11.9 Å². The second-order valence-electron chi connectivity index (χ2n) is 4.50. The lowest BCUT2D eigenvalue weighted by atomic mass is 10.3. The Kier molecular flexibility index (Phi) is 3.59. The van der Waals surface area contributed by atoms with Crippen LogP contribution >= 0.6 is 0 Å². The lowest BCUT2D eigenvalue weighted by molar-refractivity contribution is 0.293. The zero-order chi connectivity index (χ0) is 14.7. The van der Waals surface area contributed by atoms with Gasteiger partial charge in [0.1, 0.15) is 18.1 Å². The third kappa shape index (κ3) is 2.89. The highest BCUT2D eigenvalue weighted by Gasteiger charge is 2.06. The van der Waals surface area contributed by atoms with E-state index in [1.807, 2.05) is 41.7 Å². The van der Waals surface area contributed by atoms with Gasteiger partial charge in [-0.05, 0) is 43.3 Å². The van der Waals surface area contributed by atoms with Crippen molar-refractivity contribution in [2.45, 2.75) is 13.5 Å². The molecule has 3 rings (SSSR count). The maximum Gasteiger partial charge on any atom is 0.175 e. The van der Waals surface area contributed by atoms with Crippen molar-refractivity contribution >= 4 is 11.3 Å². The Balaban J connectivity index is 1.72. The molecule has 0 radical (unpaired) electrons. The summed E-state index contributed by atoms with van der Waals surface area (Å²) in [5, 5.41) is 8.17. The monoisotopic (exact) mass is 284 g/mol. The molecule has 21 heavy (non-hydrogen) atoms. The molecule has 0 spiro atoms. The van der Waals surface area contributed by atoms with Crippen LogP contribution < -0.4 is 15.2 Å². The molecule has 1 aromatic carbocycles. The fourth-order valence-corrected chi connectivity index (χ4v) is 2.00. The summed E-state index contributed by atoms with van der Waals surface area (Å²) in [5.41, 5.74) is 7.18. The minimum Gasteiger partial charge on any atom is -0.494 e. The van der Waals surface area contributed by atoms with Gasteiger partial charge in [0.2, 0.25) is 0 Å². The van der Waals surface area contributed by atoms with E-state index in [1.54, 1.807) is 12.3 Å². The van der Waals surface area contributed by atoms with E-state index in [0.29, 0.717) is 24.7 Å². The molecule has 0 aliphatic heterocycles. The lowest BCUT2D eigenvalue weighted by Gasteiger charge is -2.07. The number of nitrogens with zero attached hydrogens (tertiary/aromatic N) is 3. The van der Waals surface area contributed by atoms with E-state index in [0.717, 1.165) is 17.1 Å². The molecule has 2 N–H and O–H groups in total. The minimum atomic E-state index is 0.318. The maximum atomic E-state index is 5.77. The number of hydrogen-bond acceptors (Lipinski definition) is 5. The Morgan fingerprint density at radius 3 is 2.43 bits per heavy atom. The Morgan fingerprint density at radius 2 is 1.71 bits per heavy atom. The number of rotatable bonds is 5. The molecule has 0 saturated heterocycles. The first-order valence-electron chi connectivity index (χ1n) is 6.71. The molecule has 0 atom stereocenters. The van der Waals surface area contributed by atoms with Crippen molar-refractivity contribution < 1.29 is 9.47 Å². The second kappa shape index (κ2) is 5.70. The van der Waals surface area contributed by atoms with Crippen molar-refractivity contribution in [3.63, 3.8) is 0 Å². The third-order valence-electron chi connectivity index (χ3n) is 3.00. The molecule has 0 saturated carbocycles. The third-order valence-corrected chi connectivity index (χ3v) is 3.00. The number of benzene rings is 1. The van der Waals surface area contributed by atoms with Crippen molar-refractivity contribution in [1.82, 2.24) is 14.6 Å². The van der Waals surface area contributed by atoms with Crippen LogP contribution in [-0.4, -0.2) is 21.2 Å². The van der Waals surface area contributed by atoms with Crippen molar-refractivity contribution in [1.29, 1.82) is 0 Å². The van der Waals surface area contributed by atoms with Crippen LogP contribution in [0.15, 0.2) is 42.6 Å². The number of fused-ring (bicyclic) bond motifs is 1. The average Bonchev–Trinajstić information content (AvgIpc) is 2.89. The van der Waals surface area contributed by atoms with Gasteiger partial charge in [-0.25, -0.2) is 0 Å². The summed E-state index contributed by atoms with van der Waals surface area (Å²) in [7, 11) is 0. The highest BCUT2D eigenvalue weighted by Crippen LogP contribution is 2.18. The van der Waals surface area contributed by atoms with Gasteiger partial charge < -0.3 is 15.2 Å².